The number of nitriles is 1. The first-order valence-electron chi connectivity index (χ1n) is 14.4. The van der Waals surface area contributed by atoms with Crippen LogP contribution in [0.15, 0.2) is 60.7 Å². The van der Waals surface area contributed by atoms with Crippen molar-refractivity contribution in [2.45, 2.75) is 51.6 Å². The van der Waals surface area contributed by atoms with E-state index in [0.717, 1.165) is 67.3 Å². The third-order valence-corrected chi connectivity index (χ3v) is 8.10. The normalized spacial score (nSPS) is 19.2. The lowest BCUT2D eigenvalue weighted by molar-refractivity contribution is 0.0697. The number of rotatable bonds is 9. The molecule has 2 aromatic carbocycles. The molecule has 216 valence electrons. The molecule has 0 bridgehead atoms. The van der Waals surface area contributed by atoms with Gasteiger partial charge in [0.15, 0.2) is 0 Å². The highest BCUT2D eigenvalue weighted by Gasteiger charge is 2.28. The number of ether oxygens (including phenoxy) is 2. The maximum Gasteiger partial charge on any atom is 0.335 e. The van der Waals surface area contributed by atoms with Crippen molar-refractivity contribution in [2.24, 2.45) is 0 Å². The van der Waals surface area contributed by atoms with Gasteiger partial charge in [-0.3, -0.25) is 4.90 Å². The molecular weight excluding hydrogens is 532 g/mol. The van der Waals surface area contributed by atoms with Gasteiger partial charge in [0, 0.05) is 38.3 Å². The minimum atomic E-state index is -0.939. The van der Waals surface area contributed by atoms with Crippen molar-refractivity contribution in [3.8, 4) is 11.9 Å². The van der Waals surface area contributed by atoms with Crippen LogP contribution >= 0.6 is 0 Å². The lowest BCUT2D eigenvalue weighted by atomic mass is 10.1. The third-order valence-electron chi connectivity index (χ3n) is 8.10. The summed E-state index contributed by atoms with van der Waals surface area (Å²) in [5, 5.41) is 18.6. The first-order chi connectivity index (χ1) is 20.5. The van der Waals surface area contributed by atoms with Crippen LogP contribution in [0.1, 0.15) is 47.1 Å². The van der Waals surface area contributed by atoms with E-state index in [9.17, 15) is 9.90 Å². The van der Waals surface area contributed by atoms with Crippen molar-refractivity contribution in [3.63, 3.8) is 0 Å². The Hall–Kier alpha value is -4.46. The molecule has 2 aliphatic heterocycles. The van der Waals surface area contributed by atoms with E-state index >= 15 is 0 Å². The minimum absolute atomic E-state index is 0.112. The molecule has 2 atom stereocenters. The minimum Gasteiger partial charge on any atom is -0.478 e. The van der Waals surface area contributed by atoms with Crippen LogP contribution in [0.25, 0.3) is 11.0 Å². The first kappa shape index (κ1) is 27.7. The molecule has 6 rings (SSSR count). The molecule has 0 spiro atoms. The second-order valence-corrected chi connectivity index (χ2v) is 11.0. The number of aromatic carboxylic acids is 1. The summed E-state index contributed by atoms with van der Waals surface area (Å²) in [7, 11) is 0. The van der Waals surface area contributed by atoms with Gasteiger partial charge in [-0.2, -0.15) is 10.2 Å². The Balaban J connectivity index is 1.13. The van der Waals surface area contributed by atoms with E-state index in [0.29, 0.717) is 31.1 Å². The summed E-state index contributed by atoms with van der Waals surface area (Å²) in [4.78, 5) is 26.1. The summed E-state index contributed by atoms with van der Waals surface area (Å²) < 4.78 is 14.0. The van der Waals surface area contributed by atoms with Crippen molar-refractivity contribution >= 4 is 22.8 Å². The van der Waals surface area contributed by atoms with Crippen LogP contribution in [-0.2, 0) is 24.4 Å². The van der Waals surface area contributed by atoms with Gasteiger partial charge in [0.25, 0.3) is 0 Å². The summed E-state index contributed by atoms with van der Waals surface area (Å²) in [6.07, 6.45) is 2.15. The SMILES string of the molecule is C[C@H]1CN(c2cccc(OCc3ccc(C#N)cc3)n2)CCN1Cc1nc2ccc(C(=O)O)cc2n1CC1CCCO1. The van der Waals surface area contributed by atoms with Gasteiger partial charge in [0.1, 0.15) is 18.2 Å². The molecule has 2 aromatic heterocycles. The van der Waals surface area contributed by atoms with Crippen LogP contribution in [0.5, 0.6) is 5.88 Å². The molecule has 10 heteroatoms. The summed E-state index contributed by atoms with van der Waals surface area (Å²) in [5.41, 5.74) is 3.52. The lowest BCUT2D eigenvalue weighted by Crippen LogP contribution is -2.52. The largest absolute Gasteiger partial charge is 0.478 e. The Morgan fingerprint density at radius 1 is 1.14 bits per heavy atom. The summed E-state index contributed by atoms with van der Waals surface area (Å²) >= 11 is 0. The topological polar surface area (TPSA) is 117 Å². The average molecular weight is 567 g/mol. The molecule has 2 fully saturated rings. The number of hydrogen-bond donors (Lipinski definition) is 1. The zero-order valence-corrected chi connectivity index (χ0v) is 23.6. The molecule has 0 radical (unpaired) electrons. The van der Waals surface area contributed by atoms with E-state index in [-0.39, 0.29) is 17.7 Å². The van der Waals surface area contributed by atoms with Gasteiger partial charge in [-0.25, -0.2) is 9.78 Å². The number of piperazine rings is 1. The summed E-state index contributed by atoms with van der Waals surface area (Å²) in [5.74, 6) is 1.44. The zero-order chi connectivity index (χ0) is 29.1. The van der Waals surface area contributed by atoms with Crippen LogP contribution < -0.4 is 9.64 Å². The van der Waals surface area contributed by atoms with E-state index in [1.54, 1.807) is 30.3 Å². The molecule has 4 heterocycles. The molecule has 2 aliphatic rings. The average Bonchev–Trinajstić information content (AvgIpc) is 3.65. The van der Waals surface area contributed by atoms with Gasteiger partial charge in [-0.15, -0.1) is 0 Å². The number of pyridine rings is 1. The smallest absolute Gasteiger partial charge is 0.335 e. The Kier molecular flexibility index (Phi) is 8.04. The van der Waals surface area contributed by atoms with Gasteiger partial charge in [0.2, 0.25) is 5.88 Å². The highest BCUT2D eigenvalue weighted by Crippen LogP contribution is 2.26. The van der Waals surface area contributed by atoms with Crippen molar-refractivity contribution in [2.75, 3.05) is 31.1 Å². The number of carbonyl (C=O) groups is 1. The number of aromatic nitrogens is 3. The van der Waals surface area contributed by atoms with Gasteiger partial charge < -0.3 is 24.0 Å². The fourth-order valence-electron chi connectivity index (χ4n) is 5.74. The predicted molar refractivity (Wildman–Crippen MR) is 157 cm³/mol. The number of nitrogens with zero attached hydrogens (tertiary/aromatic N) is 6. The van der Waals surface area contributed by atoms with E-state index in [4.69, 9.17) is 24.7 Å². The van der Waals surface area contributed by atoms with Crippen molar-refractivity contribution in [3.05, 3.63) is 83.2 Å². The summed E-state index contributed by atoms with van der Waals surface area (Å²) in [6.45, 7) is 7.15. The maximum atomic E-state index is 11.7. The van der Waals surface area contributed by atoms with Crippen molar-refractivity contribution in [1.29, 1.82) is 5.26 Å². The van der Waals surface area contributed by atoms with Gasteiger partial charge in [-0.1, -0.05) is 18.2 Å². The first-order valence-corrected chi connectivity index (χ1v) is 14.4. The molecule has 0 saturated carbocycles. The Morgan fingerprint density at radius 2 is 2.00 bits per heavy atom. The number of carboxylic acids is 1. The fraction of sp³-hybridized carbons (Fsp3) is 0.375. The van der Waals surface area contributed by atoms with Crippen molar-refractivity contribution in [1.82, 2.24) is 19.4 Å². The number of benzene rings is 2. The quantitative estimate of drug-likeness (QED) is 0.313. The van der Waals surface area contributed by atoms with Crippen molar-refractivity contribution < 1.29 is 19.4 Å². The van der Waals surface area contributed by atoms with Crippen LogP contribution in [-0.4, -0.2) is 68.9 Å². The number of imidazole rings is 1. The molecule has 10 nitrogen and oxygen atoms in total. The number of anilines is 1. The Morgan fingerprint density at radius 3 is 2.74 bits per heavy atom. The molecule has 0 amide bonds. The molecule has 1 N–H and O–H groups in total. The monoisotopic (exact) mass is 566 g/mol. The zero-order valence-electron chi connectivity index (χ0n) is 23.6. The Bertz CT molecular complexity index is 1610. The van der Waals surface area contributed by atoms with Gasteiger partial charge in [0.05, 0.1) is 47.4 Å². The van der Waals surface area contributed by atoms with Gasteiger partial charge in [-0.05, 0) is 61.7 Å². The third kappa shape index (κ3) is 6.08. The van der Waals surface area contributed by atoms with E-state index in [2.05, 4.69) is 27.4 Å². The summed E-state index contributed by atoms with van der Waals surface area (Å²) in [6, 6.07) is 20.7. The second kappa shape index (κ2) is 12.2. The lowest BCUT2D eigenvalue weighted by Gasteiger charge is -2.40. The standard InChI is InChI=1S/C32H34N6O4/c1-22-18-37(29-5-2-6-31(35-29)42-21-24-9-7-23(17-33)8-10-24)14-13-36(22)20-30-34-27-12-11-25(32(39)40)16-28(27)38(30)19-26-4-3-15-41-26/h2,5-12,16,22,26H,3-4,13-15,18-21H2,1H3,(H,39,40)/t22-,26?/m0/s1. The van der Waals surface area contributed by atoms with E-state index < -0.39 is 5.97 Å². The second-order valence-electron chi connectivity index (χ2n) is 11.0. The number of carboxylic acid groups (broad SMARTS) is 1. The van der Waals surface area contributed by atoms with E-state index in [1.807, 2.05) is 30.3 Å². The molecule has 2 saturated heterocycles. The van der Waals surface area contributed by atoms with E-state index in [1.165, 1.54) is 0 Å². The highest BCUT2D eigenvalue weighted by atomic mass is 16.5. The van der Waals surface area contributed by atoms with Crippen LogP contribution in [0.4, 0.5) is 5.82 Å². The number of hydrogen-bond acceptors (Lipinski definition) is 8. The predicted octanol–water partition coefficient (Wildman–Crippen LogP) is 4.47. The van der Waals surface area contributed by atoms with Gasteiger partial charge >= 0.3 is 5.97 Å². The molecule has 0 aliphatic carbocycles. The molecular formula is C32H34N6O4. The van der Waals surface area contributed by atoms with Crippen LogP contribution in [0.2, 0.25) is 0 Å². The van der Waals surface area contributed by atoms with Crippen LogP contribution in [0.3, 0.4) is 0 Å². The highest BCUT2D eigenvalue weighted by molar-refractivity contribution is 5.92. The molecule has 1 unspecified atom stereocenters. The number of fused-ring (bicyclic) bond motifs is 1. The fourth-order valence-corrected chi connectivity index (χ4v) is 5.74. The molecule has 42 heavy (non-hydrogen) atoms. The molecule has 4 aromatic rings. The maximum absolute atomic E-state index is 11.7. The van der Waals surface area contributed by atoms with Crippen LogP contribution in [0, 0.1) is 11.3 Å². The Labute approximate surface area is 244 Å².